The van der Waals surface area contributed by atoms with Crippen LogP contribution in [0.25, 0.3) is 0 Å². The molecule has 134 valence electrons. The molecule has 2 rings (SSSR count). The predicted molar refractivity (Wildman–Crippen MR) is 90.4 cm³/mol. The Kier molecular flexibility index (Phi) is 5.46. The van der Waals surface area contributed by atoms with Crippen molar-refractivity contribution < 1.29 is 18.4 Å². The van der Waals surface area contributed by atoms with Gasteiger partial charge in [0.25, 0.3) is 5.69 Å². The maximum absolute atomic E-state index is 11.8. The van der Waals surface area contributed by atoms with E-state index in [1.165, 1.54) is 19.2 Å². The van der Waals surface area contributed by atoms with Crippen LogP contribution in [0.15, 0.2) is 23.1 Å². The van der Waals surface area contributed by atoms with Crippen molar-refractivity contribution in [3.63, 3.8) is 0 Å². The molecule has 2 atom stereocenters. The van der Waals surface area contributed by atoms with Crippen molar-refractivity contribution in [2.24, 2.45) is 5.41 Å². The van der Waals surface area contributed by atoms with Crippen molar-refractivity contribution in [2.45, 2.75) is 43.6 Å². The lowest BCUT2D eigenvalue weighted by molar-refractivity contribution is -0.384. The maximum atomic E-state index is 11.8. The Hall–Kier alpha value is -1.71. The summed E-state index contributed by atoms with van der Waals surface area (Å²) in [4.78, 5) is 10.5. The molecule has 1 aromatic carbocycles. The highest BCUT2D eigenvalue weighted by molar-refractivity contribution is 7.89. The third-order valence-electron chi connectivity index (χ3n) is 4.71. The molecular weight excluding hydrogens is 334 g/mol. The molecule has 0 spiro atoms. The van der Waals surface area contributed by atoms with E-state index < -0.39 is 21.1 Å². The molecule has 8 nitrogen and oxygen atoms in total. The number of nitro benzene ring substituents is 1. The number of hydrogen-bond donors (Lipinski definition) is 3. The minimum absolute atomic E-state index is 0.161. The molecule has 9 heteroatoms. The van der Waals surface area contributed by atoms with Gasteiger partial charge in [-0.05, 0) is 32.0 Å². The minimum atomic E-state index is -3.75. The Labute approximate surface area is 141 Å². The Morgan fingerprint density at radius 2 is 2.12 bits per heavy atom. The van der Waals surface area contributed by atoms with E-state index in [0.29, 0.717) is 6.54 Å². The van der Waals surface area contributed by atoms with Crippen LogP contribution in [0.3, 0.4) is 0 Å². The van der Waals surface area contributed by atoms with Gasteiger partial charge in [-0.1, -0.05) is 19.8 Å². The zero-order valence-corrected chi connectivity index (χ0v) is 14.6. The highest BCUT2D eigenvalue weighted by Gasteiger charge is 2.35. The van der Waals surface area contributed by atoms with Gasteiger partial charge in [0.15, 0.2) is 0 Å². The van der Waals surface area contributed by atoms with Gasteiger partial charge in [-0.2, -0.15) is 0 Å². The van der Waals surface area contributed by atoms with Crippen LogP contribution in [0.2, 0.25) is 0 Å². The molecule has 0 saturated heterocycles. The molecule has 1 aromatic rings. The SMILES string of the molecule is CNS(=O)(=O)c1ccc(NCC2(C)CCCCC2O)c([N+](=O)[O-])c1. The first kappa shape index (κ1) is 18.6. The molecule has 1 saturated carbocycles. The van der Waals surface area contributed by atoms with Gasteiger partial charge in [0.2, 0.25) is 10.0 Å². The first-order valence-corrected chi connectivity index (χ1v) is 9.32. The molecular formula is C15H23N3O5S. The normalized spacial score (nSPS) is 24.5. The fourth-order valence-electron chi connectivity index (χ4n) is 2.98. The van der Waals surface area contributed by atoms with Crippen LogP contribution in [0, 0.1) is 15.5 Å². The van der Waals surface area contributed by atoms with E-state index in [2.05, 4.69) is 10.0 Å². The smallest absolute Gasteiger partial charge is 0.293 e. The zero-order valence-electron chi connectivity index (χ0n) is 13.8. The summed E-state index contributed by atoms with van der Waals surface area (Å²) in [5.74, 6) is 0. The number of nitrogens with one attached hydrogen (secondary N) is 2. The minimum Gasteiger partial charge on any atom is -0.392 e. The first-order chi connectivity index (χ1) is 11.2. The lowest BCUT2D eigenvalue weighted by atomic mass is 9.73. The summed E-state index contributed by atoms with van der Waals surface area (Å²) in [6.07, 6.45) is 3.09. The molecule has 0 radical (unpaired) electrons. The number of hydrogen-bond acceptors (Lipinski definition) is 6. The van der Waals surface area contributed by atoms with Gasteiger partial charge in [-0.15, -0.1) is 0 Å². The van der Waals surface area contributed by atoms with Gasteiger partial charge < -0.3 is 10.4 Å². The molecule has 0 bridgehead atoms. The predicted octanol–water partition coefficient (Wildman–Crippen LogP) is 1.86. The zero-order chi connectivity index (χ0) is 18.0. The summed E-state index contributed by atoms with van der Waals surface area (Å²) in [6, 6.07) is 3.75. The van der Waals surface area contributed by atoms with Gasteiger partial charge >= 0.3 is 0 Å². The molecule has 1 fully saturated rings. The highest BCUT2D eigenvalue weighted by atomic mass is 32.2. The monoisotopic (exact) mass is 357 g/mol. The number of sulfonamides is 1. The Morgan fingerprint density at radius 1 is 1.42 bits per heavy atom. The van der Waals surface area contributed by atoms with Gasteiger partial charge in [0.1, 0.15) is 5.69 Å². The van der Waals surface area contributed by atoms with Crippen LogP contribution in [0.4, 0.5) is 11.4 Å². The number of nitrogens with zero attached hydrogens (tertiary/aromatic N) is 1. The second-order valence-electron chi connectivity index (χ2n) is 6.41. The lowest BCUT2D eigenvalue weighted by Gasteiger charge is -2.38. The third kappa shape index (κ3) is 3.85. The first-order valence-electron chi connectivity index (χ1n) is 7.83. The van der Waals surface area contributed by atoms with E-state index in [4.69, 9.17) is 0 Å². The summed E-state index contributed by atoms with van der Waals surface area (Å²) < 4.78 is 25.7. The van der Waals surface area contributed by atoms with Crippen molar-refractivity contribution in [3.05, 3.63) is 28.3 Å². The number of nitro groups is 1. The highest BCUT2D eigenvalue weighted by Crippen LogP contribution is 2.37. The van der Waals surface area contributed by atoms with Crippen LogP contribution < -0.4 is 10.0 Å². The molecule has 1 aliphatic rings. The van der Waals surface area contributed by atoms with E-state index in [1.54, 1.807) is 0 Å². The molecule has 24 heavy (non-hydrogen) atoms. The van der Waals surface area contributed by atoms with E-state index >= 15 is 0 Å². The van der Waals surface area contributed by atoms with Crippen molar-refractivity contribution in [2.75, 3.05) is 18.9 Å². The average molecular weight is 357 g/mol. The Balaban J connectivity index is 2.25. The number of aliphatic hydroxyl groups excluding tert-OH is 1. The Bertz CT molecular complexity index is 722. The van der Waals surface area contributed by atoms with E-state index in [1.807, 2.05) is 6.92 Å². The maximum Gasteiger partial charge on any atom is 0.293 e. The molecule has 2 unspecified atom stereocenters. The van der Waals surface area contributed by atoms with E-state index in [9.17, 15) is 23.6 Å². The number of anilines is 1. The quantitative estimate of drug-likeness (QED) is 0.528. The average Bonchev–Trinajstić information content (AvgIpc) is 2.55. The van der Waals surface area contributed by atoms with Crippen molar-refractivity contribution in [1.29, 1.82) is 0 Å². The fraction of sp³-hybridized carbons (Fsp3) is 0.600. The number of benzene rings is 1. The van der Waals surface area contributed by atoms with Crippen LogP contribution in [-0.4, -0.2) is 38.1 Å². The summed E-state index contributed by atoms with van der Waals surface area (Å²) >= 11 is 0. The second kappa shape index (κ2) is 7.04. The number of rotatable bonds is 6. The molecule has 0 heterocycles. The summed E-state index contributed by atoms with van der Waals surface area (Å²) in [5, 5.41) is 24.5. The standard InChI is InChI=1S/C15H23N3O5S/c1-15(8-4-3-5-14(15)19)10-17-12-7-6-11(24(22,23)16-2)9-13(12)18(20)21/h6-7,9,14,16-17,19H,3-5,8,10H2,1-2H3. The molecule has 0 aromatic heterocycles. The lowest BCUT2D eigenvalue weighted by Crippen LogP contribution is -2.41. The van der Waals surface area contributed by atoms with E-state index in [-0.39, 0.29) is 21.7 Å². The number of aliphatic hydroxyl groups is 1. The largest absolute Gasteiger partial charge is 0.392 e. The van der Waals surface area contributed by atoms with Crippen LogP contribution in [0.5, 0.6) is 0 Å². The van der Waals surface area contributed by atoms with Crippen molar-refractivity contribution >= 4 is 21.4 Å². The van der Waals surface area contributed by atoms with Crippen LogP contribution >= 0.6 is 0 Å². The summed E-state index contributed by atoms with van der Waals surface area (Å²) in [7, 11) is -2.50. The molecule has 0 aliphatic heterocycles. The molecule has 1 aliphatic carbocycles. The van der Waals surface area contributed by atoms with Crippen LogP contribution in [-0.2, 0) is 10.0 Å². The van der Waals surface area contributed by atoms with Crippen molar-refractivity contribution in [3.8, 4) is 0 Å². The summed E-state index contributed by atoms with van der Waals surface area (Å²) in [5.41, 5.74) is -0.420. The fourth-order valence-corrected chi connectivity index (χ4v) is 3.73. The Morgan fingerprint density at radius 3 is 2.71 bits per heavy atom. The van der Waals surface area contributed by atoms with Gasteiger partial charge in [-0.3, -0.25) is 10.1 Å². The van der Waals surface area contributed by atoms with Gasteiger partial charge in [0.05, 0.1) is 15.9 Å². The van der Waals surface area contributed by atoms with Gasteiger partial charge in [-0.25, -0.2) is 13.1 Å². The molecule has 3 N–H and O–H groups in total. The van der Waals surface area contributed by atoms with Crippen molar-refractivity contribution in [1.82, 2.24) is 4.72 Å². The summed E-state index contributed by atoms with van der Waals surface area (Å²) in [6.45, 7) is 2.34. The third-order valence-corrected chi connectivity index (χ3v) is 6.12. The molecule has 0 amide bonds. The van der Waals surface area contributed by atoms with Crippen LogP contribution in [0.1, 0.15) is 32.6 Å². The topological polar surface area (TPSA) is 122 Å². The van der Waals surface area contributed by atoms with Gasteiger partial charge in [0, 0.05) is 18.0 Å². The second-order valence-corrected chi connectivity index (χ2v) is 8.30. The van der Waals surface area contributed by atoms with E-state index in [0.717, 1.165) is 31.7 Å².